The van der Waals surface area contributed by atoms with Crippen molar-refractivity contribution in [1.29, 1.82) is 0 Å². The summed E-state index contributed by atoms with van der Waals surface area (Å²) in [7, 11) is 2.00. The molecule has 0 aromatic carbocycles. The van der Waals surface area contributed by atoms with Crippen molar-refractivity contribution in [3.63, 3.8) is 0 Å². The van der Waals surface area contributed by atoms with Gasteiger partial charge in [0.1, 0.15) is 5.82 Å². The standard InChI is InChI=1S/C13H21N3S/c1-11(14-2)12-5-3-6-15-13(12)16-7-4-9-17-10-8-16/h3,5-6,11,14H,4,7-10H2,1-2H3. The van der Waals surface area contributed by atoms with Crippen molar-refractivity contribution in [3.8, 4) is 0 Å². The van der Waals surface area contributed by atoms with E-state index in [0.717, 1.165) is 18.9 Å². The number of anilines is 1. The highest BCUT2D eigenvalue weighted by Gasteiger charge is 2.17. The number of nitrogens with zero attached hydrogens (tertiary/aromatic N) is 2. The van der Waals surface area contributed by atoms with E-state index in [1.54, 1.807) is 0 Å². The van der Waals surface area contributed by atoms with Gasteiger partial charge in [0.25, 0.3) is 0 Å². The first-order chi connectivity index (χ1) is 8.33. The third-order valence-electron chi connectivity index (χ3n) is 3.24. The second-order valence-electron chi connectivity index (χ2n) is 4.38. The van der Waals surface area contributed by atoms with Crippen LogP contribution in [0.15, 0.2) is 18.3 Å². The fourth-order valence-electron chi connectivity index (χ4n) is 2.13. The molecule has 1 N–H and O–H groups in total. The first-order valence-corrected chi connectivity index (χ1v) is 7.43. The number of thioether (sulfide) groups is 1. The zero-order valence-corrected chi connectivity index (χ0v) is 11.5. The monoisotopic (exact) mass is 251 g/mol. The molecule has 1 saturated heterocycles. The Labute approximate surface area is 108 Å². The molecule has 17 heavy (non-hydrogen) atoms. The second kappa shape index (κ2) is 6.26. The molecule has 3 nitrogen and oxygen atoms in total. The molecule has 0 radical (unpaired) electrons. The van der Waals surface area contributed by atoms with Gasteiger partial charge in [0, 0.05) is 36.6 Å². The van der Waals surface area contributed by atoms with E-state index >= 15 is 0 Å². The van der Waals surface area contributed by atoms with E-state index in [2.05, 4.69) is 28.2 Å². The smallest absolute Gasteiger partial charge is 0.133 e. The molecule has 1 aromatic heterocycles. The Hall–Kier alpha value is -0.740. The van der Waals surface area contributed by atoms with Crippen LogP contribution in [0.25, 0.3) is 0 Å². The maximum absolute atomic E-state index is 4.59. The van der Waals surface area contributed by atoms with E-state index in [1.807, 2.05) is 31.1 Å². The minimum atomic E-state index is 0.356. The molecule has 2 rings (SSSR count). The van der Waals surface area contributed by atoms with Gasteiger partial charge in [-0.15, -0.1) is 0 Å². The van der Waals surface area contributed by atoms with Crippen LogP contribution in [0.3, 0.4) is 0 Å². The van der Waals surface area contributed by atoms with Crippen LogP contribution >= 0.6 is 11.8 Å². The predicted molar refractivity (Wildman–Crippen MR) is 75.9 cm³/mol. The summed E-state index contributed by atoms with van der Waals surface area (Å²) < 4.78 is 0. The van der Waals surface area contributed by atoms with Crippen molar-refractivity contribution < 1.29 is 0 Å². The highest BCUT2D eigenvalue weighted by atomic mass is 32.2. The van der Waals surface area contributed by atoms with Crippen LogP contribution in [0.4, 0.5) is 5.82 Å². The fourth-order valence-corrected chi connectivity index (χ4v) is 3.01. The fraction of sp³-hybridized carbons (Fsp3) is 0.615. The lowest BCUT2D eigenvalue weighted by Gasteiger charge is -2.25. The summed E-state index contributed by atoms with van der Waals surface area (Å²) in [6, 6.07) is 4.57. The maximum atomic E-state index is 4.59. The number of aromatic nitrogens is 1. The first kappa shape index (κ1) is 12.7. The molecule has 1 atom stereocenters. The SMILES string of the molecule is CNC(C)c1cccnc1N1CCCSCC1. The summed E-state index contributed by atoms with van der Waals surface area (Å²) in [4.78, 5) is 7.02. The van der Waals surface area contributed by atoms with Crippen molar-refractivity contribution in [2.75, 3.05) is 36.5 Å². The molecule has 2 heterocycles. The topological polar surface area (TPSA) is 28.2 Å². The minimum Gasteiger partial charge on any atom is -0.355 e. The molecule has 0 saturated carbocycles. The molecule has 1 unspecified atom stereocenters. The van der Waals surface area contributed by atoms with Gasteiger partial charge in [0.2, 0.25) is 0 Å². The zero-order valence-electron chi connectivity index (χ0n) is 10.6. The van der Waals surface area contributed by atoms with Crippen molar-refractivity contribution in [3.05, 3.63) is 23.9 Å². The minimum absolute atomic E-state index is 0.356. The maximum Gasteiger partial charge on any atom is 0.133 e. The third kappa shape index (κ3) is 3.13. The van der Waals surface area contributed by atoms with Gasteiger partial charge in [-0.3, -0.25) is 0 Å². The molecule has 1 aliphatic rings. The Kier molecular flexibility index (Phi) is 4.68. The summed E-state index contributed by atoms with van der Waals surface area (Å²) in [6.07, 6.45) is 3.16. The summed E-state index contributed by atoms with van der Waals surface area (Å²) >= 11 is 2.05. The lowest BCUT2D eigenvalue weighted by Crippen LogP contribution is -2.29. The van der Waals surface area contributed by atoms with Crippen LogP contribution in [0, 0.1) is 0 Å². The van der Waals surface area contributed by atoms with Crippen LogP contribution in [0.1, 0.15) is 24.9 Å². The summed E-state index contributed by atoms with van der Waals surface area (Å²) in [5.41, 5.74) is 1.31. The molecule has 0 spiro atoms. The number of nitrogens with one attached hydrogen (secondary N) is 1. The molecule has 1 aromatic rings. The molecule has 1 fully saturated rings. The highest BCUT2D eigenvalue weighted by molar-refractivity contribution is 7.99. The van der Waals surface area contributed by atoms with Gasteiger partial charge in [-0.25, -0.2) is 4.98 Å². The molecule has 1 aliphatic heterocycles. The van der Waals surface area contributed by atoms with E-state index in [9.17, 15) is 0 Å². The van der Waals surface area contributed by atoms with E-state index in [-0.39, 0.29) is 0 Å². The number of hydrogen-bond acceptors (Lipinski definition) is 4. The normalized spacial score (nSPS) is 18.8. The molecule has 4 heteroatoms. The average molecular weight is 251 g/mol. The molecule has 0 aliphatic carbocycles. The van der Waals surface area contributed by atoms with Gasteiger partial charge in [0.15, 0.2) is 0 Å². The quantitative estimate of drug-likeness (QED) is 0.892. The number of rotatable bonds is 3. The van der Waals surface area contributed by atoms with Crippen LogP contribution < -0.4 is 10.2 Å². The molecular weight excluding hydrogens is 230 g/mol. The Bertz CT molecular complexity index is 348. The summed E-state index contributed by atoms with van der Waals surface area (Å²) in [6.45, 7) is 4.44. The Morgan fingerprint density at radius 2 is 2.29 bits per heavy atom. The van der Waals surface area contributed by atoms with Crippen LogP contribution in [-0.4, -0.2) is 36.6 Å². The van der Waals surface area contributed by atoms with Crippen molar-refractivity contribution in [1.82, 2.24) is 10.3 Å². The lowest BCUT2D eigenvalue weighted by molar-refractivity contribution is 0.643. The van der Waals surface area contributed by atoms with Crippen molar-refractivity contribution >= 4 is 17.6 Å². The van der Waals surface area contributed by atoms with Crippen LogP contribution in [0.5, 0.6) is 0 Å². The highest BCUT2D eigenvalue weighted by Crippen LogP contribution is 2.25. The zero-order chi connectivity index (χ0) is 12.1. The van der Waals surface area contributed by atoms with Gasteiger partial charge in [-0.1, -0.05) is 6.07 Å². The number of hydrogen-bond donors (Lipinski definition) is 1. The second-order valence-corrected chi connectivity index (χ2v) is 5.60. The number of pyridine rings is 1. The first-order valence-electron chi connectivity index (χ1n) is 6.28. The van der Waals surface area contributed by atoms with E-state index in [0.29, 0.717) is 6.04 Å². The molecule has 0 bridgehead atoms. The lowest BCUT2D eigenvalue weighted by atomic mass is 10.1. The van der Waals surface area contributed by atoms with Gasteiger partial charge < -0.3 is 10.2 Å². The Morgan fingerprint density at radius 3 is 3.12 bits per heavy atom. The summed E-state index contributed by atoms with van der Waals surface area (Å²) in [5.74, 6) is 3.65. The van der Waals surface area contributed by atoms with Crippen molar-refractivity contribution in [2.24, 2.45) is 0 Å². The van der Waals surface area contributed by atoms with E-state index in [1.165, 1.54) is 23.5 Å². The largest absolute Gasteiger partial charge is 0.355 e. The van der Waals surface area contributed by atoms with Gasteiger partial charge in [-0.2, -0.15) is 11.8 Å². The van der Waals surface area contributed by atoms with E-state index < -0.39 is 0 Å². The molecular formula is C13H21N3S. The Morgan fingerprint density at radius 1 is 1.41 bits per heavy atom. The molecule has 94 valence electrons. The van der Waals surface area contributed by atoms with Gasteiger partial charge >= 0.3 is 0 Å². The van der Waals surface area contributed by atoms with Crippen molar-refractivity contribution in [2.45, 2.75) is 19.4 Å². The van der Waals surface area contributed by atoms with Gasteiger partial charge in [-0.05, 0) is 32.2 Å². The van der Waals surface area contributed by atoms with Crippen LogP contribution in [-0.2, 0) is 0 Å². The average Bonchev–Trinajstić information content (AvgIpc) is 2.66. The van der Waals surface area contributed by atoms with Gasteiger partial charge in [0.05, 0.1) is 0 Å². The van der Waals surface area contributed by atoms with Crippen LogP contribution in [0.2, 0.25) is 0 Å². The Balaban J connectivity index is 2.23. The van der Waals surface area contributed by atoms with E-state index in [4.69, 9.17) is 0 Å². The molecule has 0 amide bonds. The predicted octanol–water partition coefficient (Wildman–Crippen LogP) is 2.31. The third-order valence-corrected chi connectivity index (χ3v) is 4.29. The summed E-state index contributed by atoms with van der Waals surface area (Å²) in [5, 5.41) is 3.30.